The highest BCUT2D eigenvalue weighted by atomic mass is 31.2. The third-order valence-corrected chi connectivity index (χ3v) is 3.53. The molecule has 21 heavy (non-hydrogen) atoms. The van der Waals surface area contributed by atoms with Crippen LogP contribution in [0, 0.1) is 0 Å². The second-order valence-electron chi connectivity index (χ2n) is 4.53. The van der Waals surface area contributed by atoms with E-state index >= 15 is 0 Å². The minimum atomic E-state index is -4.75. The van der Waals surface area contributed by atoms with E-state index in [1.807, 2.05) is 0 Å². The van der Waals surface area contributed by atoms with Crippen LogP contribution < -0.4 is 16.0 Å². The number of H-pyrrole nitrogens is 1. The predicted molar refractivity (Wildman–Crippen MR) is 70.0 cm³/mol. The standard InChI is InChI=1S/C9H16N5O6P/c1-4(20-9(16)21(17,18)19)2-14-6-5(11-3-12-6)7(15)13-8(14)10/h3-4,8-9,16H,2,10H2,1H3,(H,11,12)(H,13,15)(H2,17,18,19)/t4?,8?,9-/m0/s1. The largest absolute Gasteiger partial charge is 0.381 e. The molecule has 1 amide bonds. The van der Waals surface area contributed by atoms with Crippen molar-refractivity contribution in [2.24, 2.45) is 5.73 Å². The van der Waals surface area contributed by atoms with Crippen molar-refractivity contribution in [3.63, 3.8) is 0 Å². The molecule has 1 aromatic rings. The van der Waals surface area contributed by atoms with E-state index in [1.54, 1.807) is 0 Å². The Bertz CT molecular complexity index is 573. The Morgan fingerprint density at radius 3 is 2.90 bits per heavy atom. The first-order valence-electron chi connectivity index (χ1n) is 5.95. The van der Waals surface area contributed by atoms with E-state index in [4.69, 9.17) is 20.3 Å². The summed E-state index contributed by atoms with van der Waals surface area (Å²) in [5.41, 5.74) is 6.00. The van der Waals surface area contributed by atoms with E-state index in [1.165, 1.54) is 18.2 Å². The molecular formula is C9H16N5O6P. The summed E-state index contributed by atoms with van der Waals surface area (Å²) in [6.07, 6.45) is -0.324. The van der Waals surface area contributed by atoms with Gasteiger partial charge in [0.25, 0.3) is 11.9 Å². The Morgan fingerprint density at radius 2 is 2.29 bits per heavy atom. The lowest BCUT2D eigenvalue weighted by Crippen LogP contribution is -2.59. The molecule has 0 saturated carbocycles. The number of aromatic amines is 1. The van der Waals surface area contributed by atoms with E-state index in [0.717, 1.165) is 0 Å². The molecule has 12 heteroatoms. The number of anilines is 1. The average molecular weight is 321 g/mol. The van der Waals surface area contributed by atoms with Crippen molar-refractivity contribution in [2.45, 2.75) is 25.3 Å². The maximum Gasteiger partial charge on any atom is 0.381 e. The van der Waals surface area contributed by atoms with Crippen molar-refractivity contribution >= 4 is 19.3 Å². The molecule has 7 N–H and O–H groups in total. The molecule has 0 saturated heterocycles. The SMILES string of the molecule is CC(CN1c2nc[nH]c2C(=O)NC1N)O[C@H](O)P(=O)(O)O. The van der Waals surface area contributed by atoms with Crippen LogP contribution >= 0.6 is 7.60 Å². The minimum absolute atomic E-state index is 0.0519. The lowest BCUT2D eigenvalue weighted by Gasteiger charge is -2.35. The summed E-state index contributed by atoms with van der Waals surface area (Å²) in [6, 6.07) is -2.22. The first kappa shape index (κ1) is 15.9. The summed E-state index contributed by atoms with van der Waals surface area (Å²) in [4.78, 5) is 37.3. The molecule has 0 bridgehead atoms. The number of rotatable bonds is 5. The molecule has 118 valence electrons. The number of hydrogen-bond donors (Lipinski definition) is 6. The van der Waals surface area contributed by atoms with Crippen LogP contribution in [0.5, 0.6) is 0 Å². The molecule has 2 unspecified atom stereocenters. The molecule has 0 aliphatic carbocycles. The van der Waals surface area contributed by atoms with Gasteiger partial charge in [-0.25, -0.2) is 4.98 Å². The van der Waals surface area contributed by atoms with Crippen LogP contribution in [0.15, 0.2) is 6.33 Å². The fourth-order valence-electron chi connectivity index (χ4n) is 1.90. The highest BCUT2D eigenvalue weighted by molar-refractivity contribution is 7.52. The smallest absolute Gasteiger partial charge is 0.358 e. The normalized spacial score (nSPS) is 21.7. The highest BCUT2D eigenvalue weighted by Gasteiger charge is 2.34. The van der Waals surface area contributed by atoms with Crippen LogP contribution in [0.2, 0.25) is 0 Å². The third kappa shape index (κ3) is 3.40. The molecule has 1 aliphatic rings. The van der Waals surface area contributed by atoms with E-state index in [-0.39, 0.29) is 12.2 Å². The van der Waals surface area contributed by atoms with Crippen molar-refractivity contribution in [1.82, 2.24) is 15.3 Å². The molecule has 2 heterocycles. The fourth-order valence-corrected chi connectivity index (χ4v) is 2.26. The first-order valence-corrected chi connectivity index (χ1v) is 7.63. The molecule has 0 spiro atoms. The number of aliphatic hydroxyl groups is 1. The van der Waals surface area contributed by atoms with E-state index in [9.17, 15) is 14.5 Å². The summed E-state index contributed by atoms with van der Waals surface area (Å²) in [7, 11) is -4.75. The lowest BCUT2D eigenvalue weighted by molar-refractivity contribution is -0.0868. The summed E-state index contributed by atoms with van der Waals surface area (Å²) in [5, 5.41) is 11.7. The zero-order chi connectivity index (χ0) is 15.8. The van der Waals surface area contributed by atoms with Gasteiger partial charge in [0.15, 0.2) is 12.1 Å². The number of aliphatic hydroxyl groups excluding tert-OH is 1. The first-order chi connectivity index (χ1) is 9.70. The van der Waals surface area contributed by atoms with Gasteiger partial charge in [0.2, 0.25) is 0 Å². The summed E-state index contributed by atoms with van der Waals surface area (Å²) in [5.74, 6) is -0.109. The van der Waals surface area contributed by atoms with Gasteiger partial charge in [0.1, 0.15) is 5.69 Å². The Morgan fingerprint density at radius 1 is 1.62 bits per heavy atom. The zero-order valence-electron chi connectivity index (χ0n) is 11.0. The molecule has 0 fully saturated rings. The van der Waals surface area contributed by atoms with Gasteiger partial charge in [-0.1, -0.05) is 0 Å². The second-order valence-corrected chi connectivity index (χ2v) is 6.15. The zero-order valence-corrected chi connectivity index (χ0v) is 11.9. The number of carbonyl (C=O) groups is 1. The number of nitrogens with two attached hydrogens (primary N) is 1. The molecule has 1 aliphatic heterocycles. The molecular weight excluding hydrogens is 305 g/mol. The Balaban J connectivity index is 2.08. The molecule has 0 radical (unpaired) electrons. The van der Waals surface area contributed by atoms with Crippen LogP contribution in [0.3, 0.4) is 0 Å². The second kappa shape index (κ2) is 5.72. The number of nitrogens with zero attached hydrogens (tertiary/aromatic N) is 2. The molecule has 1 aromatic heterocycles. The average Bonchev–Trinajstić information content (AvgIpc) is 2.82. The van der Waals surface area contributed by atoms with Crippen LogP contribution in [-0.2, 0) is 9.30 Å². The van der Waals surface area contributed by atoms with Gasteiger partial charge >= 0.3 is 7.60 Å². The fraction of sp³-hybridized carbons (Fsp3) is 0.556. The maximum atomic E-state index is 11.6. The van der Waals surface area contributed by atoms with Crippen LogP contribution in [0.1, 0.15) is 17.4 Å². The van der Waals surface area contributed by atoms with Crippen molar-refractivity contribution in [1.29, 1.82) is 0 Å². The minimum Gasteiger partial charge on any atom is -0.358 e. The number of imidazole rings is 1. The number of nitrogens with one attached hydrogen (secondary N) is 2. The van der Waals surface area contributed by atoms with Gasteiger partial charge in [0.05, 0.1) is 12.4 Å². The van der Waals surface area contributed by atoms with Gasteiger partial charge in [-0.15, -0.1) is 0 Å². The number of carbonyl (C=O) groups excluding carboxylic acids is 1. The van der Waals surface area contributed by atoms with Crippen LogP contribution in [0.25, 0.3) is 0 Å². The van der Waals surface area contributed by atoms with E-state index in [0.29, 0.717) is 5.82 Å². The third-order valence-electron chi connectivity index (χ3n) is 2.83. The van der Waals surface area contributed by atoms with Gasteiger partial charge in [0, 0.05) is 6.54 Å². The highest BCUT2D eigenvalue weighted by Crippen LogP contribution is 2.40. The summed E-state index contributed by atoms with van der Waals surface area (Å²) in [6.45, 7) is 1.55. The topological polar surface area (TPSA) is 174 Å². The lowest BCUT2D eigenvalue weighted by atomic mass is 10.2. The molecule has 3 atom stereocenters. The number of fused-ring (bicyclic) bond motifs is 1. The van der Waals surface area contributed by atoms with Crippen molar-refractivity contribution < 1.29 is 29.0 Å². The number of hydrogen-bond acceptors (Lipinski definition) is 7. The maximum absolute atomic E-state index is 11.6. The van der Waals surface area contributed by atoms with Gasteiger partial charge in [-0.3, -0.25) is 15.1 Å². The van der Waals surface area contributed by atoms with E-state index in [2.05, 4.69) is 15.3 Å². The van der Waals surface area contributed by atoms with Crippen molar-refractivity contribution in [2.75, 3.05) is 11.4 Å². The van der Waals surface area contributed by atoms with Crippen LogP contribution in [-0.4, -0.2) is 55.7 Å². The molecule has 2 rings (SSSR count). The quantitative estimate of drug-likeness (QED) is 0.266. The van der Waals surface area contributed by atoms with Crippen LogP contribution in [0.4, 0.5) is 5.82 Å². The van der Waals surface area contributed by atoms with E-state index < -0.39 is 31.9 Å². The number of aromatic nitrogens is 2. The predicted octanol–water partition coefficient (Wildman–Crippen LogP) is -1.94. The molecule has 11 nitrogen and oxygen atoms in total. The number of ether oxygens (including phenoxy) is 1. The van der Waals surface area contributed by atoms with Gasteiger partial charge < -0.3 is 34.8 Å². The summed E-state index contributed by atoms with van der Waals surface area (Å²) < 4.78 is 15.7. The Kier molecular flexibility index (Phi) is 4.33. The van der Waals surface area contributed by atoms with Crippen molar-refractivity contribution in [3.05, 3.63) is 12.0 Å². The summed E-state index contributed by atoms with van der Waals surface area (Å²) >= 11 is 0. The van der Waals surface area contributed by atoms with Crippen molar-refractivity contribution in [3.8, 4) is 0 Å². The number of amides is 1. The van der Waals surface area contributed by atoms with Gasteiger partial charge in [-0.2, -0.15) is 0 Å². The van der Waals surface area contributed by atoms with Gasteiger partial charge in [-0.05, 0) is 6.92 Å². The Hall–Kier alpha value is -1.49. The Labute approximate surface area is 119 Å². The molecule has 0 aromatic carbocycles. The monoisotopic (exact) mass is 321 g/mol.